The Morgan fingerprint density at radius 3 is 3.30 bits per heavy atom. The summed E-state index contributed by atoms with van der Waals surface area (Å²) in [6, 6.07) is 3.89. The number of hydrogen-bond donors (Lipinski definition) is 0. The van der Waals surface area contributed by atoms with Crippen LogP contribution in [0.2, 0.25) is 0 Å². The number of rotatable bonds is 0. The molecule has 0 atom stereocenters. The van der Waals surface area contributed by atoms with E-state index in [9.17, 15) is 0 Å². The summed E-state index contributed by atoms with van der Waals surface area (Å²) in [5, 5.41) is 0. The van der Waals surface area contributed by atoms with Crippen molar-refractivity contribution < 1.29 is 0 Å². The van der Waals surface area contributed by atoms with E-state index < -0.39 is 0 Å². The maximum atomic E-state index is 3.98. The first-order chi connectivity index (χ1) is 4.86. The number of hydrogen-bond acceptors (Lipinski definition) is 1. The van der Waals surface area contributed by atoms with E-state index >= 15 is 0 Å². The first kappa shape index (κ1) is 5.92. The van der Waals surface area contributed by atoms with E-state index in [4.69, 9.17) is 0 Å². The highest BCUT2D eigenvalue weighted by atomic mass is 79.9. The van der Waals surface area contributed by atoms with Crippen LogP contribution in [0.3, 0.4) is 0 Å². The van der Waals surface area contributed by atoms with Crippen LogP contribution in [0, 0.1) is 6.20 Å². The molecule has 2 nitrogen and oxygen atoms in total. The molecule has 0 amide bonds. The second-order valence-electron chi connectivity index (χ2n) is 1.98. The van der Waals surface area contributed by atoms with Crippen LogP contribution in [-0.4, -0.2) is 9.38 Å². The molecule has 0 saturated carbocycles. The van der Waals surface area contributed by atoms with Crippen LogP contribution in [0.4, 0.5) is 0 Å². The Labute approximate surface area is 66.6 Å². The second kappa shape index (κ2) is 2.09. The number of aromatic nitrogens is 2. The Hall–Kier alpha value is -0.830. The Balaban J connectivity index is 2.86. The van der Waals surface area contributed by atoms with Crippen LogP contribution in [-0.2, 0) is 0 Å². The van der Waals surface area contributed by atoms with Crippen LogP contribution in [0.25, 0.3) is 5.65 Å². The molecule has 0 N–H and O–H groups in total. The van der Waals surface area contributed by atoms with E-state index in [0.717, 1.165) is 10.1 Å². The molecule has 0 saturated heterocycles. The lowest BCUT2D eigenvalue weighted by Gasteiger charge is -1.91. The van der Waals surface area contributed by atoms with Crippen molar-refractivity contribution in [3.63, 3.8) is 0 Å². The highest BCUT2D eigenvalue weighted by molar-refractivity contribution is 9.10. The summed E-state index contributed by atoms with van der Waals surface area (Å²) in [4.78, 5) is 3.98. The third-order valence-electron chi connectivity index (χ3n) is 1.29. The maximum Gasteiger partial charge on any atom is 0.137 e. The molecule has 3 heteroatoms. The van der Waals surface area contributed by atoms with Crippen LogP contribution in [0.15, 0.2) is 29.0 Å². The van der Waals surface area contributed by atoms with E-state index in [2.05, 4.69) is 27.1 Å². The average molecular weight is 196 g/mol. The van der Waals surface area contributed by atoms with E-state index in [1.165, 1.54) is 0 Å². The molecule has 0 aliphatic carbocycles. The predicted octanol–water partition coefficient (Wildman–Crippen LogP) is 1.90. The van der Waals surface area contributed by atoms with Gasteiger partial charge in [-0.05, 0) is 28.1 Å². The van der Waals surface area contributed by atoms with Crippen LogP contribution >= 0.6 is 15.9 Å². The van der Waals surface area contributed by atoms with Gasteiger partial charge in [-0.2, -0.15) is 0 Å². The highest BCUT2D eigenvalue weighted by Crippen LogP contribution is 2.09. The van der Waals surface area contributed by atoms with Gasteiger partial charge in [-0.15, -0.1) is 0 Å². The Bertz CT molecular complexity index is 353. The van der Waals surface area contributed by atoms with Gasteiger partial charge < -0.3 is 4.40 Å². The molecule has 0 aromatic carbocycles. The molecule has 2 rings (SSSR count). The Morgan fingerprint density at radius 1 is 1.50 bits per heavy atom. The molecule has 1 radical (unpaired) electrons. The molecule has 0 fully saturated rings. The van der Waals surface area contributed by atoms with Crippen molar-refractivity contribution in [3.8, 4) is 0 Å². The van der Waals surface area contributed by atoms with Crippen LogP contribution in [0.1, 0.15) is 0 Å². The van der Waals surface area contributed by atoms with Crippen LogP contribution in [0.5, 0.6) is 0 Å². The van der Waals surface area contributed by atoms with Crippen molar-refractivity contribution in [2.45, 2.75) is 0 Å². The number of nitrogens with zero attached hydrogens (tertiary/aromatic N) is 2. The van der Waals surface area contributed by atoms with Gasteiger partial charge in [-0.1, -0.05) is 0 Å². The SMILES string of the molecule is Brc1ccc2n[c]cn2c1. The molecule has 10 heavy (non-hydrogen) atoms. The molecule has 0 spiro atoms. The van der Waals surface area contributed by atoms with Gasteiger partial charge in [0.2, 0.25) is 0 Å². The number of pyridine rings is 1. The van der Waals surface area contributed by atoms with E-state index in [1.54, 1.807) is 6.20 Å². The van der Waals surface area contributed by atoms with Gasteiger partial charge in [0.15, 0.2) is 0 Å². The van der Waals surface area contributed by atoms with Crippen LogP contribution < -0.4 is 0 Å². The first-order valence-electron chi connectivity index (χ1n) is 2.86. The lowest BCUT2D eigenvalue weighted by atomic mass is 10.5. The fourth-order valence-corrected chi connectivity index (χ4v) is 1.19. The number of imidazole rings is 1. The summed E-state index contributed by atoms with van der Waals surface area (Å²) in [7, 11) is 0. The van der Waals surface area contributed by atoms with E-state index in [-0.39, 0.29) is 0 Å². The van der Waals surface area contributed by atoms with Crippen molar-refractivity contribution in [1.29, 1.82) is 0 Å². The Kier molecular flexibility index (Phi) is 1.24. The fraction of sp³-hybridized carbons (Fsp3) is 0. The zero-order valence-electron chi connectivity index (χ0n) is 5.08. The monoisotopic (exact) mass is 195 g/mol. The fourth-order valence-electron chi connectivity index (χ4n) is 0.838. The van der Waals surface area contributed by atoms with Crippen molar-refractivity contribution in [3.05, 3.63) is 35.2 Å². The molecule has 49 valence electrons. The van der Waals surface area contributed by atoms with Crippen molar-refractivity contribution in [2.75, 3.05) is 0 Å². The van der Waals surface area contributed by atoms with E-state index in [0.29, 0.717) is 0 Å². The summed E-state index contributed by atoms with van der Waals surface area (Å²) < 4.78 is 2.95. The summed E-state index contributed by atoms with van der Waals surface area (Å²) in [5.41, 5.74) is 0.920. The molecule has 2 heterocycles. The molecule has 0 unspecified atom stereocenters. The van der Waals surface area contributed by atoms with Gasteiger partial charge in [0, 0.05) is 16.9 Å². The molecular formula is C7H4BrN2. The summed E-state index contributed by atoms with van der Waals surface area (Å²) >= 11 is 3.35. The molecule has 0 aliphatic heterocycles. The predicted molar refractivity (Wildman–Crippen MR) is 41.7 cm³/mol. The van der Waals surface area contributed by atoms with Gasteiger partial charge in [-0.3, -0.25) is 0 Å². The molecular weight excluding hydrogens is 192 g/mol. The summed E-state index contributed by atoms with van der Waals surface area (Å²) in [6.07, 6.45) is 6.49. The second-order valence-corrected chi connectivity index (χ2v) is 2.90. The summed E-state index contributed by atoms with van der Waals surface area (Å²) in [5.74, 6) is 0. The molecule has 0 aliphatic rings. The van der Waals surface area contributed by atoms with Gasteiger partial charge in [0.05, 0.1) is 0 Å². The van der Waals surface area contributed by atoms with Gasteiger partial charge in [0.25, 0.3) is 0 Å². The average Bonchev–Trinajstić information content (AvgIpc) is 2.33. The smallest absolute Gasteiger partial charge is 0.137 e. The van der Waals surface area contributed by atoms with Crippen molar-refractivity contribution >= 4 is 21.6 Å². The minimum atomic E-state index is 0.920. The first-order valence-corrected chi connectivity index (χ1v) is 3.66. The largest absolute Gasteiger partial charge is 0.305 e. The third-order valence-corrected chi connectivity index (χ3v) is 1.76. The zero-order valence-corrected chi connectivity index (χ0v) is 6.67. The van der Waals surface area contributed by atoms with Crippen molar-refractivity contribution in [1.82, 2.24) is 9.38 Å². The molecule has 0 bridgehead atoms. The molecule has 2 aromatic rings. The Morgan fingerprint density at radius 2 is 2.40 bits per heavy atom. The quantitative estimate of drug-likeness (QED) is 0.628. The minimum Gasteiger partial charge on any atom is -0.305 e. The maximum absolute atomic E-state index is 3.98. The molecule has 2 aromatic heterocycles. The zero-order chi connectivity index (χ0) is 6.97. The van der Waals surface area contributed by atoms with Gasteiger partial charge in [-0.25, -0.2) is 4.98 Å². The number of halogens is 1. The standard InChI is InChI=1S/C7H4BrN2/c8-6-1-2-7-9-3-4-10(7)5-6/h1-2,4-5H. The lowest BCUT2D eigenvalue weighted by molar-refractivity contribution is 1.17. The normalized spacial score (nSPS) is 10.5. The number of fused-ring (bicyclic) bond motifs is 1. The van der Waals surface area contributed by atoms with E-state index in [1.807, 2.05) is 22.7 Å². The topological polar surface area (TPSA) is 17.3 Å². The minimum absolute atomic E-state index is 0.920. The third kappa shape index (κ3) is 0.827. The van der Waals surface area contributed by atoms with Crippen molar-refractivity contribution in [2.24, 2.45) is 0 Å². The van der Waals surface area contributed by atoms with Gasteiger partial charge in [0.1, 0.15) is 11.8 Å². The summed E-state index contributed by atoms with van der Waals surface area (Å²) in [6.45, 7) is 0. The lowest BCUT2D eigenvalue weighted by Crippen LogP contribution is -1.80. The van der Waals surface area contributed by atoms with Gasteiger partial charge >= 0.3 is 0 Å². The highest BCUT2D eigenvalue weighted by Gasteiger charge is 1.91.